The summed E-state index contributed by atoms with van der Waals surface area (Å²) in [4.78, 5) is 30.1. The molecule has 0 bridgehead atoms. The van der Waals surface area contributed by atoms with Crippen LogP contribution in [0.5, 0.6) is 0 Å². The molecule has 2 aromatic heterocycles. The van der Waals surface area contributed by atoms with E-state index in [1.807, 2.05) is 18.5 Å². The largest absolute Gasteiger partial charge is 0.346 e. The van der Waals surface area contributed by atoms with Gasteiger partial charge in [-0.05, 0) is 38.3 Å². The van der Waals surface area contributed by atoms with Crippen molar-refractivity contribution in [3.63, 3.8) is 0 Å². The highest BCUT2D eigenvalue weighted by Crippen LogP contribution is 2.33. The van der Waals surface area contributed by atoms with E-state index in [0.29, 0.717) is 0 Å². The molecule has 5 heterocycles. The first-order valence-corrected chi connectivity index (χ1v) is 10.7. The summed E-state index contributed by atoms with van der Waals surface area (Å²) in [5.41, 5.74) is 0.974. The number of carbonyl (C=O) groups excluding carboxylic acids is 1. The van der Waals surface area contributed by atoms with E-state index in [4.69, 9.17) is 0 Å². The average molecular weight is 385 g/mol. The third kappa shape index (κ3) is 3.10. The molecule has 1 amide bonds. The third-order valence-corrected chi connectivity index (χ3v) is 6.85. The number of hydrogen-bond acceptors (Lipinski definition) is 6. The third-order valence-electron chi connectivity index (χ3n) is 5.87. The lowest BCUT2D eigenvalue weighted by Crippen LogP contribution is -2.55. The van der Waals surface area contributed by atoms with Gasteiger partial charge in [-0.3, -0.25) is 4.79 Å². The number of anilines is 1. The number of likely N-dealkylation sites (tertiary alicyclic amines) is 1. The minimum Gasteiger partial charge on any atom is -0.346 e. The van der Waals surface area contributed by atoms with Crippen molar-refractivity contribution in [2.45, 2.75) is 31.2 Å². The normalized spacial score (nSPS) is 26.0. The Bertz CT molecular complexity index is 887. The van der Waals surface area contributed by atoms with E-state index in [1.54, 1.807) is 18.1 Å². The summed E-state index contributed by atoms with van der Waals surface area (Å²) in [6.07, 6.45) is 10.1. The molecular formula is C19H24N6OS. The van der Waals surface area contributed by atoms with Crippen LogP contribution in [0, 0.1) is 0 Å². The fraction of sp³-hybridized carbons (Fsp3) is 0.526. The molecule has 0 aliphatic carbocycles. The van der Waals surface area contributed by atoms with Gasteiger partial charge >= 0.3 is 0 Å². The van der Waals surface area contributed by atoms with Crippen LogP contribution in [0.15, 0.2) is 29.7 Å². The molecule has 7 nitrogen and oxygen atoms in total. The molecule has 2 aromatic rings. The Kier molecular flexibility index (Phi) is 4.32. The van der Waals surface area contributed by atoms with Gasteiger partial charge in [-0.1, -0.05) is 0 Å². The molecule has 1 spiro atoms. The van der Waals surface area contributed by atoms with Gasteiger partial charge < -0.3 is 20.1 Å². The number of aromatic nitrogens is 3. The number of carbonyl (C=O) groups is 1. The molecule has 27 heavy (non-hydrogen) atoms. The zero-order valence-electron chi connectivity index (χ0n) is 15.3. The summed E-state index contributed by atoms with van der Waals surface area (Å²) in [6.45, 7) is 3.60. The standard InChI is InChI=1S/C19H24N6OS/c26-18(25-8-2-5-19(12-25)4-1-6-23-19)15-11-24(9-10-27-15)17-14-3-7-20-16(14)21-13-22-17/h3,7,11,13,23H,1-2,4-6,8-10,12H2,(H,20,21,22). The van der Waals surface area contributed by atoms with Gasteiger partial charge in [-0.2, -0.15) is 0 Å². The zero-order chi connectivity index (χ0) is 18.3. The number of fused-ring (bicyclic) bond motifs is 1. The zero-order valence-corrected chi connectivity index (χ0v) is 16.1. The minimum atomic E-state index is 0.150. The van der Waals surface area contributed by atoms with Gasteiger partial charge in [-0.25, -0.2) is 9.97 Å². The fourth-order valence-electron chi connectivity index (χ4n) is 4.55. The van der Waals surface area contributed by atoms with E-state index in [-0.39, 0.29) is 11.4 Å². The number of nitrogens with one attached hydrogen (secondary N) is 2. The highest BCUT2D eigenvalue weighted by molar-refractivity contribution is 8.04. The molecule has 0 aromatic carbocycles. The predicted octanol–water partition coefficient (Wildman–Crippen LogP) is 2.10. The molecule has 0 saturated carbocycles. The van der Waals surface area contributed by atoms with E-state index >= 15 is 0 Å². The first-order chi connectivity index (χ1) is 13.2. The monoisotopic (exact) mass is 384 g/mol. The molecular weight excluding hydrogens is 360 g/mol. The summed E-state index contributed by atoms with van der Waals surface area (Å²) in [5.74, 6) is 1.90. The highest BCUT2D eigenvalue weighted by Gasteiger charge is 2.39. The second-order valence-corrected chi connectivity index (χ2v) is 8.75. The van der Waals surface area contributed by atoms with Gasteiger partial charge in [0.05, 0.1) is 10.3 Å². The number of aromatic amines is 1. The Balaban J connectivity index is 1.39. The maximum Gasteiger partial charge on any atom is 0.261 e. The molecule has 0 radical (unpaired) electrons. The summed E-state index contributed by atoms with van der Waals surface area (Å²) in [7, 11) is 0. The van der Waals surface area contributed by atoms with Gasteiger partial charge in [0.25, 0.3) is 5.91 Å². The molecule has 1 atom stereocenters. The topological polar surface area (TPSA) is 77.2 Å². The first kappa shape index (κ1) is 17.1. The second-order valence-electron chi connectivity index (χ2n) is 7.61. The summed E-state index contributed by atoms with van der Waals surface area (Å²) in [6, 6.07) is 1.99. The summed E-state index contributed by atoms with van der Waals surface area (Å²) >= 11 is 1.66. The van der Waals surface area contributed by atoms with Crippen molar-refractivity contribution in [1.82, 2.24) is 25.2 Å². The molecule has 8 heteroatoms. The lowest BCUT2D eigenvalue weighted by atomic mass is 9.87. The molecule has 1 unspecified atom stereocenters. The van der Waals surface area contributed by atoms with Crippen LogP contribution in [0.1, 0.15) is 25.7 Å². The Hall–Kier alpha value is -2.06. The van der Waals surface area contributed by atoms with Crippen molar-refractivity contribution in [2.24, 2.45) is 0 Å². The van der Waals surface area contributed by atoms with Crippen molar-refractivity contribution < 1.29 is 4.79 Å². The van der Waals surface area contributed by atoms with Crippen LogP contribution in [0.4, 0.5) is 5.82 Å². The molecule has 2 fully saturated rings. The Morgan fingerprint density at radius 3 is 3.04 bits per heavy atom. The van der Waals surface area contributed by atoms with E-state index in [2.05, 4.69) is 30.1 Å². The van der Waals surface area contributed by atoms with Crippen LogP contribution >= 0.6 is 11.8 Å². The van der Waals surface area contributed by atoms with Crippen LogP contribution in [-0.2, 0) is 4.79 Å². The average Bonchev–Trinajstić information content (AvgIpc) is 3.37. The molecule has 3 aliphatic rings. The quantitative estimate of drug-likeness (QED) is 0.826. The highest BCUT2D eigenvalue weighted by atomic mass is 32.2. The van der Waals surface area contributed by atoms with Crippen LogP contribution in [0.25, 0.3) is 11.0 Å². The Labute approximate surface area is 162 Å². The molecule has 2 saturated heterocycles. The van der Waals surface area contributed by atoms with Crippen molar-refractivity contribution in [1.29, 1.82) is 0 Å². The van der Waals surface area contributed by atoms with E-state index in [1.165, 1.54) is 19.3 Å². The number of thioether (sulfide) groups is 1. The van der Waals surface area contributed by atoms with Crippen molar-refractivity contribution >= 4 is 34.5 Å². The van der Waals surface area contributed by atoms with E-state index < -0.39 is 0 Å². The number of nitrogens with zero attached hydrogens (tertiary/aromatic N) is 4. The van der Waals surface area contributed by atoms with Gasteiger partial charge in [0, 0.05) is 43.3 Å². The van der Waals surface area contributed by atoms with Gasteiger partial charge in [-0.15, -0.1) is 11.8 Å². The lowest BCUT2D eigenvalue weighted by molar-refractivity contribution is -0.128. The second kappa shape index (κ2) is 6.83. The minimum absolute atomic E-state index is 0.150. The lowest BCUT2D eigenvalue weighted by Gasteiger charge is -2.41. The van der Waals surface area contributed by atoms with Crippen molar-refractivity contribution in [2.75, 3.05) is 36.8 Å². The maximum absolute atomic E-state index is 13.2. The van der Waals surface area contributed by atoms with Crippen molar-refractivity contribution in [3.8, 4) is 0 Å². The summed E-state index contributed by atoms with van der Waals surface area (Å²) < 4.78 is 0. The van der Waals surface area contributed by atoms with Crippen LogP contribution in [-0.4, -0.2) is 63.2 Å². The molecule has 142 valence electrons. The first-order valence-electron chi connectivity index (χ1n) is 9.68. The SMILES string of the molecule is O=C(C1=CN(c2ncnc3[nH]ccc23)CCS1)N1CCCC2(CCCN2)C1. The summed E-state index contributed by atoms with van der Waals surface area (Å²) in [5, 5.41) is 4.65. The number of H-pyrrole nitrogens is 1. The molecule has 5 rings (SSSR count). The van der Waals surface area contributed by atoms with Crippen LogP contribution in [0.3, 0.4) is 0 Å². The Morgan fingerprint density at radius 2 is 2.15 bits per heavy atom. The van der Waals surface area contributed by atoms with Crippen LogP contribution in [0.2, 0.25) is 0 Å². The predicted molar refractivity (Wildman–Crippen MR) is 108 cm³/mol. The number of rotatable bonds is 2. The van der Waals surface area contributed by atoms with Gasteiger partial charge in [0.1, 0.15) is 17.8 Å². The van der Waals surface area contributed by atoms with E-state index in [9.17, 15) is 4.79 Å². The van der Waals surface area contributed by atoms with Gasteiger partial charge in [0.15, 0.2) is 0 Å². The molecule has 3 aliphatic heterocycles. The van der Waals surface area contributed by atoms with Crippen LogP contribution < -0.4 is 10.2 Å². The molecule has 2 N–H and O–H groups in total. The van der Waals surface area contributed by atoms with Crippen molar-refractivity contribution in [3.05, 3.63) is 29.7 Å². The maximum atomic E-state index is 13.2. The number of amides is 1. The Morgan fingerprint density at radius 1 is 1.22 bits per heavy atom. The van der Waals surface area contributed by atoms with E-state index in [0.717, 1.165) is 60.1 Å². The smallest absolute Gasteiger partial charge is 0.261 e. The number of piperidine rings is 1. The van der Waals surface area contributed by atoms with Gasteiger partial charge in [0.2, 0.25) is 0 Å². The fourth-order valence-corrected chi connectivity index (χ4v) is 5.51. The number of hydrogen-bond donors (Lipinski definition) is 2.